The molecule has 1 heterocycles. The van der Waals surface area contributed by atoms with E-state index >= 15 is 0 Å². The number of nitrogens with one attached hydrogen (secondary N) is 2. The minimum Gasteiger partial charge on any atom is -0.354 e. The molecular weight excluding hydrogens is 247 g/mol. The van der Waals surface area contributed by atoms with E-state index in [0.717, 1.165) is 11.3 Å². The molecule has 100 valence electrons. The predicted molar refractivity (Wildman–Crippen MR) is 69.7 cm³/mol. The number of carbonyl (C=O) groups excluding carboxylic acids is 1. The SMILES string of the molecule is CNCc1cc(F)ccc1-n1ccc(C(=O)NC)n1. The summed E-state index contributed by atoms with van der Waals surface area (Å²) in [4.78, 5) is 11.5. The molecule has 0 bridgehead atoms. The topological polar surface area (TPSA) is 59.0 Å². The average molecular weight is 262 g/mol. The second-order valence-electron chi connectivity index (χ2n) is 4.03. The van der Waals surface area contributed by atoms with Crippen LogP contribution < -0.4 is 10.6 Å². The van der Waals surface area contributed by atoms with Crippen molar-refractivity contribution in [2.45, 2.75) is 6.54 Å². The molecule has 0 saturated carbocycles. The van der Waals surface area contributed by atoms with Crippen molar-refractivity contribution >= 4 is 5.91 Å². The third-order valence-electron chi connectivity index (χ3n) is 2.70. The van der Waals surface area contributed by atoms with Crippen molar-refractivity contribution < 1.29 is 9.18 Å². The summed E-state index contributed by atoms with van der Waals surface area (Å²) >= 11 is 0. The monoisotopic (exact) mass is 262 g/mol. The number of halogens is 1. The van der Waals surface area contributed by atoms with E-state index in [1.165, 1.54) is 12.1 Å². The van der Waals surface area contributed by atoms with Crippen molar-refractivity contribution in [1.29, 1.82) is 0 Å². The van der Waals surface area contributed by atoms with Gasteiger partial charge < -0.3 is 10.6 Å². The Morgan fingerprint density at radius 1 is 1.37 bits per heavy atom. The van der Waals surface area contributed by atoms with Gasteiger partial charge in [-0.3, -0.25) is 4.79 Å². The first-order valence-corrected chi connectivity index (χ1v) is 5.87. The number of aromatic nitrogens is 2. The van der Waals surface area contributed by atoms with Gasteiger partial charge in [0.2, 0.25) is 0 Å². The highest BCUT2D eigenvalue weighted by Crippen LogP contribution is 2.16. The van der Waals surface area contributed by atoms with Crippen molar-refractivity contribution in [3.63, 3.8) is 0 Å². The van der Waals surface area contributed by atoms with Gasteiger partial charge in [-0.25, -0.2) is 9.07 Å². The standard InChI is InChI=1S/C13H15FN4O/c1-15-8-9-7-10(14)3-4-12(9)18-6-5-11(17-18)13(19)16-2/h3-7,15H,8H2,1-2H3,(H,16,19). The van der Waals surface area contributed by atoms with Gasteiger partial charge >= 0.3 is 0 Å². The van der Waals surface area contributed by atoms with Gasteiger partial charge in [0.1, 0.15) is 5.82 Å². The highest BCUT2D eigenvalue weighted by Gasteiger charge is 2.11. The Balaban J connectivity index is 2.40. The largest absolute Gasteiger partial charge is 0.354 e. The summed E-state index contributed by atoms with van der Waals surface area (Å²) in [5.74, 6) is -0.552. The lowest BCUT2D eigenvalue weighted by Gasteiger charge is -2.09. The van der Waals surface area contributed by atoms with Crippen LogP contribution in [-0.4, -0.2) is 29.8 Å². The summed E-state index contributed by atoms with van der Waals surface area (Å²) in [6.07, 6.45) is 1.68. The molecule has 1 amide bonds. The van der Waals surface area contributed by atoms with Crippen molar-refractivity contribution in [2.24, 2.45) is 0 Å². The number of amides is 1. The summed E-state index contributed by atoms with van der Waals surface area (Å²) in [6.45, 7) is 0.516. The van der Waals surface area contributed by atoms with Gasteiger partial charge in [0.05, 0.1) is 5.69 Å². The van der Waals surface area contributed by atoms with E-state index in [0.29, 0.717) is 12.2 Å². The van der Waals surface area contributed by atoms with E-state index in [2.05, 4.69) is 15.7 Å². The molecule has 6 heteroatoms. The van der Waals surface area contributed by atoms with Crippen LogP contribution in [0.4, 0.5) is 4.39 Å². The summed E-state index contributed by atoms with van der Waals surface area (Å²) in [6, 6.07) is 6.08. The fraction of sp³-hybridized carbons (Fsp3) is 0.231. The molecule has 0 atom stereocenters. The van der Waals surface area contributed by atoms with Crippen molar-refractivity contribution in [3.8, 4) is 5.69 Å². The molecule has 0 radical (unpaired) electrons. The van der Waals surface area contributed by atoms with Crippen LogP contribution in [0.1, 0.15) is 16.1 Å². The first-order chi connectivity index (χ1) is 9.15. The second kappa shape index (κ2) is 5.62. The molecular formula is C13H15FN4O. The molecule has 0 aliphatic carbocycles. The zero-order chi connectivity index (χ0) is 13.8. The van der Waals surface area contributed by atoms with Crippen LogP contribution in [0.3, 0.4) is 0 Å². The lowest BCUT2D eigenvalue weighted by molar-refractivity contribution is 0.0957. The van der Waals surface area contributed by atoms with E-state index in [1.807, 2.05) is 0 Å². The van der Waals surface area contributed by atoms with Crippen LogP contribution in [0.5, 0.6) is 0 Å². The van der Waals surface area contributed by atoms with Gasteiger partial charge in [-0.05, 0) is 36.9 Å². The third-order valence-corrected chi connectivity index (χ3v) is 2.70. The summed E-state index contributed by atoms with van der Waals surface area (Å²) < 4.78 is 14.8. The third kappa shape index (κ3) is 2.79. The van der Waals surface area contributed by atoms with Crippen LogP contribution in [-0.2, 0) is 6.54 Å². The maximum Gasteiger partial charge on any atom is 0.271 e. The van der Waals surface area contributed by atoms with E-state index in [1.54, 1.807) is 37.1 Å². The van der Waals surface area contributed by atoms with Crippen molar-refractivity contribution in [3.05, 3.63) is 47.5 Å². The molecule has 0 fully saturated rings. The van der Waals surface area contributed by atoms with E-state index in [-0.39, 0.29) is 11.7 Å². The van der Waals surface area contributed by atoms with Crippen LogP contribution in [0.25, 0.3) is 5.69 Å². The molecule has 2 aromatic rings. The van der Waals surface area contributed by atoms with Crippen molar-refractivity contribution in [1.82, 2.24) is 20.4 Å². The molecule has 1 aromatic heterocycles. The number of hydrogen-bond donors (Lipinski definition) is 2. The Hall–Kier alpha value is -2.21. The number of rotatable bonds is 4. The second-order valence-corrected chi connectivity index (χ2v) is 4.03. The van der Waals surface area contributed by atoms with E-state index in [9.17, 15) is 9.18 Å². The van der Waals surface area contributed by atoms with Gasteiger partial charge in [0.25, 0.3) is 5.91 Å². The minimum absolute atomic E-state index is 0.254. The predicted octanol–water partition coefficient (Wildman–Crippen LogP) is 1.09. The Morgan fingerprint density at radius 3 is 2.84 bits per heavy atom. The summed E-state index contributed by atoms with van der Waals surface area (Å²) in [5.41, 5.74) is 1.84. The van der Waals surface area contributed by atoms with Crippen LogP contribution in [0, 0.1) is 5.82 Å². The molecule has 19 heavy (non-hydrogen) atoms. The van der Waals surface area contributed by atoms with Crippen LogP contribution in [0.15, 0.2) is 30.5 Å². The highest BCUT2D eigenvalue weighted by molar-refractivity contribution is 5.91. The van der Waals surface area contributed by atoms with E-state index < -0.39 is 0 Å². The zero-order valence-corrected chi connectivity index (χ0v) is 10.8. The van der Waals surface area contributed by atoms with Crippen LogP contribution in [0.2, 0.25) is 0 Å². The maximum atomic E-state index is 13.3. The zero-order valence-electron chi connectivity index (χ0n) is 10.8. The average Bonchev–Trinajstić information content (AvgIpc) is 2.88. The van der Waals surface area contributed by atoms with Crippen molar-refractivity contribution in [2.75, 3.05) is 14.1 Å². The van der Waals surface area contributed by atoms with E-state index in [4.69, 9.17) is 0 Å². The first kappa shape index (κ1) is 13.2. The van der Waals surface area contributed by atoms with Gasteiger partial charge in [0.15, 0.2) is 5.69 Å². The normalized spacial score (nSPS) is 10.5. The smallest absolute Gasteiger partial charge is 0.271 e. The summed E-state index contributed by atoms with van der Waals surface area (Å²) in [7, 11) is 3.33. The lowest BCUT2D eigenvalue weighted by Crippen LogP contribution is -2.18. The minimum atomic E-state index is -0.298. The molecule has 2 rings (SSSR count). The summed E-state index contributed by atoms with van der Waals surface area (Å²) in [5, 5.41) is 9.66. The maximum absolute atomic E-state index is 13.3. The molecule has 5 nitrogen and oxygen atoms in total. The molecule has 0 unspecified atom stereocenters. The molecule has 0 aliphatic rings. The number of nitrogens with zero attached hydrogens (tertiary/aromatic N) is 2. The Labute approximate surface area is 110 Å². The lowest BCUT2D eigenvalue weighted by atomic mass is 10.1. The molecule has 1 aromatic carbocycles. The Kier molecular flexibility index (Phi) is 3.91. The number of hydrogen-bond acceptors (Lipinski definition) is 3. The fourth-order valence-electron chi connectivity index (χ4n) is 1.82. The molecule has 0 aliphatic heterocycles. The number of carbonyl (C=O) groups is 1. The molecule has 2 N–H and O–H groups in total. The van der Waals surface area contributed by atoms with Gasteiger partial charge in [0, 0.05) is 19.8 Å². The first-order valence-electron chi connectivity index (χ1n) is 5.87. The Morgan fingerprint density at radius 2 is 2.16 bits per heavy atom. The fourth-order valence-corrected chi connectivity index (χ4v) is 1.82. The van der Waals surface area contributed by atoms with Gasteiger partial charge in [-0.15, -0.1) is 0 Å². The van der Waals surface area contributed by atoms with Gasteiger partial charge in [-0.2, -0.15) is 5.10 Å². The Bertz CT molecular complexity index is 594. The quantitative estimate of drug-likeness (QED) is 0.867. The van der Waals surface area contributed by atoms with Crippen LogP contribution >= 0.6 is 0 Å². The number of benzene rings is 1. The molecule has 0 spiro atoms. The van der Waals surface area contributed by atoms with Gasteiger partial charge in [-0.1, -0.05) is 0 Å². The highest BCUT2D eigenvalue weighted by atomic mass is 19.1. The molecule has 0 saturated heterocycles.